The zero-order valence-corrected chi connectivity index (χ0v) is 11.4. The van der Waals surface area contributed by atoms with Gasteiger partial charge in [0.05, 0.1) is 5.92 Å². The quantitative estimate of drug-likeness (QED) is 0.914. The molecule has 20 heavy (non-hydrogen) atoms. The summed E-state index contributed by atoms with van der Waals surface area (Å²) in [7, 11) is 0. The number of halogens is 1. The number of alkyl halides is 1. The van der Waals surface area contributed by atoms with E-state index in [9.17, 15) is 9.18 Å². The van der Waals surface area contributed by atoms with E-state index in [1.807, 2.05) is 12.1 Å². The molecule has 106 valence electrons. The number of aryl methyl sites for hydroxylation is 1. The zero-order valence-electron chi connectivity index (χ0n) is 11.4. The van der Waals surface area contributed by atoms with E-state index in [1.54, 1.807) is 0 Å². The highest BCUT2D eigenvalue weighted by atomic mass is 19.1. The van der Waals surface area contributed by atoms with E-state index in [2.05, 4.69) is 17.4 Å². The minimum atomic E-state index is -0.684. The second-order valence-electron chi connectivity index (χ2n) is 5.69. The van der Waals surface area contributed by atoms with Crippen molar-refractivity contribution in [2.75, 3.05) is 13.1 Å². The maximum Gasteiger partial charge on any atom is 0.225 e. The van der Waals surface area contributed by atoms with Crippen LogP contribution in [0.15, 0.2) is 18.2 Å². The lowest BCUT2D eigenvalue weighted by atomic mass is 9.81. The Kier molecular flexibility index (Phi) is 3.74. The van der Waals surface area contributed by atoms with Crippen molar-refractivity contribution in [1.29, 1.82) is 0 Å². The Balaban J connectivity index is 1.77. The summed E-state index contributed by atoms with van der Waals surface area (Å²) < 4.78 is 13.2. The van der Waals surface area contributed by atoms with E-state index in [-0.39, 0.29) is 11.8 Å². The van der Waals surface area contributed by atoms with Crippen molar-refractivity contribution in [3.05, 3.63) is 41.3 Å². The van der Waals surface area contributed by atoms with Crippen LogP contribution in [0.2, 0.25) is 0 Å². The highest BCUT2D eigenvalue weighted by molar-refractivity contribution is 5.84. The molecule has 1 saturated heterocycles. The first kappa shape index (κ1) is 13.6. The van der Waals surface area contributed by atoms with Gasteiger partial charge >= 0.3 is 0 Å². The Hall–Kier alpha value is -1.42. The van der Waals surface area contributed by atoms with Gasteiger partial charge in [-0.1, -0.05) is 18.2 Å². The summed E-state index contributed by atoms with van der Waals surface area (Å²) in [5, 5.41) is 0. The molecule has 3 rings (SSSR count). The Bertz CT molecular complexity index is 517. The molecule has 3 nitrogen and oxygen atoms in total. The number of rotatable bonds is 3. The number of likely N-dealkylation sites (tertiary alicyclic amines) is 1. The van der Waals surface area contributed by atoms with Crippen LogP contribution in [0.25, 0.3) is 0 Å². The van der Waals surface area contributed by atoms with E-state index < -0.39 is 6.17 Å². The van der Waals surface area contributed by atoms with Crippen molar-refractivity contribution >= 4 is 5.91 Å². The monoisotopic (exact) mass is 274 g/mol. The molecule has 1 fully saturated rings. The number of hydrogen-bond donors (Lipinski definition) is 1. The molecule has 0 aromatic heterocycles. The second-order valence-corrected chi connectivity index (χ2v) is 5.69. The van der Waals surface area contributed by atoms with Crippen molar-refractivity contribution in [2.45, 2.75) is 37.9 Å². The summed E-state index contributed by atoms with van der Waals surface area (Å²) in [4.78, 5) is 13.6. The average Bonchev–Trinajstić information content (AvgIpc) is 2.83. The van der Waals surface area contributed by atoms with Gasteiger partial charge in [-0.2, -0.15) is 0 Å². The molecular weight excluding hydrogens is 255 g/mol. The number of nitrogens with two attached hydrogens (primary N) is 1. The lowest BCUT2D eigenvalue weighted by Gasteiger charge is -2.24. The van der Waals surface area contributed by atoms with Gasteiger partial charge in [-0.05, 0) is 36.0 Å². The van der Waals surface area contributed by atoms with Gasteiger partial charge in [0.15, 0.2) is 0 Å². The highest BCUT2D eigenvalue weighted by Crippen LogP contribution is 2.31. The van der Waals surface area contributed by atoms with Gasteiger partial charge in [0.25, 0.3) is 0 Å². The van der Waals surface area contributed by atoms with Gasteiger partial charge in [0.2, 0.25) is 5.91 Å². The lowest BCUT2D eigenvalue weighted by molar-refractivity contribution is -0.118. The predicted molar refractivity (Wildman–Crippen MR) is 74.7 cm³/mol. The van der Waals surface area contributed by atoms with Gasteiger partial charge in [0, 0.05) is 26.1 Å². The fourth-order valence-electron chi connectivity index (χ4n) is 3.16. The molecule has 2 N–H and O–H groups in total. The van der Waals surface area contributed by atoms with Crippen LogP contribution < -0.4 is 5.73 Å². The maximum absolute atomic E-state index is 13.2. The first-order valence-corrected chi connectivity index (χ1v) is 7.14. The van der Waals surface area contributed by atoms with Gasteiger partial charge in [-0.3, -0.25) is 9.69 Å². The van der Waals surface area contributed by atoms with E-state index in [1.165, 1.54) is 11.1 Å². The third-order valence-corrected chi connectivity index (χ3v) is 4.17. The number of primary amides is 1. The molecule has 0 spiro atoms. The second kappa shape index (κ2) is 5.52. The molecule has 1 amide bonds. The number of fused-ring (bicyclic) bond motifs is 1. The number of nitrogens with zero attached hydrogens (tertiary/aromatic N) is 1. The first-order chi connectivity index (χ1) is 9.63. The Morgan fingerprint density at radius 3 is 3.05 bits per heavy atom. The van der Waals surface area contributed by atoms with Crippen LogP contribution in [0.5, 0.6) is 0 Å². The van der Waals surface area contributed by atoms with Crippen molar-refractivity contribution in [1.82, 2.24) is 4.90 Å². The van der Waals surface area contributed by atoms with Crippen LogP contribution in [0, 0.1) is 6.42 Å². The van der Waals surface area contributed by atoms with Crippen molar-refractivity contribution in [3.8, 4) is 0 Å². The van der Waals surface area contributed by atoms with Gasteiger partial charge in [-0.25, -0.2) is 4.39 Å². The van der Waals surface area contributed by atoms with Crippen LogP contribution in [0.3, 0.4) is 0 Å². The summed E-state index contributed by atoms with van der Waals surface area (Å²) in [6.45, 7) is 2.13. The number of carbonyl (C=O) groups excluding carboxylic acids is 1. The van der Waals surface area contributed by atoms with Crippen LogP contribution >= 0.6 is 0 Å². The minimum absolute atomic E-state index is 0.335. The summed E-state index contributed by atoms with van der Waals surface area (Å²) >= 11 is 0. The summed E-state index contributed by atoms with van der Waals surface area (Å²) in [5.74, 6) is -0.715. The fraction of sp³-hybridized carbons (Fsp3) is 0.500. The van der Waals surface area contributed by atoms with E-state index in [0.29, 0.717) is 13.0 Å². The normalized spacial score (nSPS) is 26.4. The Morgan fingerprint density at radius 2 is 2.35 bits per heavy atom. The fourth-order valence-corrected chi connectivity index (χ4v) is 3.16. The Labute approximate surface area is 118 Å². The minimum Gasteiger partial charge on any atom is -0.369 e. The molecule has 2 atom stereocenters. The lowest BCUT2D eigenvalue weighted by Crippen LogP contribution is -2.26. The molecule has 4 heteroatoms. The molecule has 1 aliphatic heterocycles. The third kappa shape index (κ3) is 2.70. The largest absolute Gasteiger partial charge is 0.369 e. The van der Waals surface area contributed by atoms with Gasteiger partial charge in [-0.15, -0.1) is 0 Å². The number of carbonyl (C=O) groups is 1. The molecular formula is C16H19FN2O. The van der Waals surface area contributed by atoms with E-state index in [0.717, 1.165) is 31.5 Å². The van der Waals surface area contributed by atoms with Crippen molar-refractivity contribution in [3.63, 3.8) is 0 Å². The first-order valence-electron chi connectivity index (χ1n) is 7.14. The van der Waals surface area contributed by atoms with Crippen LogP contribution in [0.4, 0.5) is 4.39 Å². The predicted octanol–water partition coefficient (Wildman–Crippen LogP) is 1.83. The topological polar surface area (TPSA) is 46.3 Å². The average molecular weight is 274 g/mol. The van der Waals surface area contributed by atoms with Crippen LogP contribution in [-0.2, 0) is 17.8 Å². The summed E-state index contributed by atoms with van der Waals surface area (Å²) in [5.41, 5.74) is 8.76. The third-order valence-electron chi connectivity index (χ3n) is 4.17. The summed E-state index contributed by atoms with van der Waals surface area (Å²) in [6.07, 6.45) is 4.76. The standard InChI is InChI=1S/C16H19FN2O/c17-13-6-7-19(10-13)9-11-4-5-14-12(8-11)2-1-3-15(14)16(18)20/h4-5,8,13,15H,1-2,6-7,9-10H2,(H2,18,20). The van der Waals surface area contributed by atoms with Crippen LogP contribution in [-0.4, -0.2) is 30.1 Å². The molecule has 2 aliphatic rings. The molecule has 0 bridgehead atoms. The Morgan fingerprint density at radius 1 is 1.50 bits per heavy atom. The van der Waals surface area contributed by atoms with E-state index in [4.69, 9.17) is 5.73 Å². The maximum atomic E-state index is 13.2. The highest BCUT2D eigenvalue weighted by Gasteiger charge is 2.26. The molecule has 1 aliphatic carbocycles. The van der Waals surface area contributed by atoms with Gasteiger partial charge < -0.3 is 5.73 Å². The SMILES string of the molecule is NC(=O)C1[C]CCc2cc(CN3CCC(F)C3)ccc21. The molecule has 1 heterocycles. The summed E-state index contributed by atoms with van der Waals surface area (Å²) in [6, 6.07) is 6.14. The van der Waals surface area contributed by atoms with Crippen molar-refractivity contribution < 1.29 is 9.18 Å². The molecule has 1 aromatic carbocycles. The molecule has 0 saturated carbocycles. The molecule has 2 radical (unpaired) electrons. The number of benzene rings is 1. The smallest absolute Gasteiger partial charge is 0.225 e. The zero-order chi connectivity index (χ0) is 14.1. The van der Waals surface area contributed by atoms with Crippen molar-refractivity contribution in [2.24, 2.45) is 5.73 Å². The number of amides is 1. The molecule has 1 aromatic rings. The van der Waals surface area contributed by atoms with Crippen LogP contribution in [0.1, 0.15) is 35.4 Å². The number of hydrogen-bond acceptors (Lipinski definition) is 2. The molecule has 2 unspecified atom stereocenters. The van der Waals surface area contributed by atoms with E-state index >= 15 is 0 Å². The van der Waals surface area contributed by atoms with Gasteiger partial charge in [0.1, 0.15) is 6.17 Å².